The Balaban J connectivity index is 2.12. The molecule has 2 rings (SSSR count). The molecule has 0 N–H and O–H groups in total. The first-order chi connectivity index (χ1) is 10.1. The standard InChI is InChI=1S/C16H18Cl2N2O/c17-14-6-5-7-15(18)13(14)10-12(11-19)16(21)20-8-3-1-2-4-9-20/h5-7,12H,1-4,8-10H2. The molecule has 1 aliphatic rings. The second-order valence-corrected chi connectivity index (χ2v) is 6.14. The number of likely N-dealkylation sites (tertiary alicyclic amines) is 1. The van der Waals surface area contributed by atoms with E-state index in [9.17, 15) is 10.1 Å². The molecular weight excluding hydrogens is 307 g/mol. The summed E-state index contributed by atoms with van der Waals surface area (Å²) in [5.74, 6) is -0.823. The Morgan fingerprint density at radius 3 is 2.29 bits per heavy atom. The number of rotatable bonds is 3. The second-order valence-electron chi connectivity index (χ2n) is 5.33. The molecule has 1 amide bonds. The van der Waals surface area contributed by atoms with Gasteiger partial charge in [-0.15, -0.1) is 0 Å². The number of halogens is 2. The number of amides is 1. The Bertz CT molecular complexity index is 525. The van der Waals surface area contributed by atoms with E-state index < -0.39 is 5.92 Å². The van der Waals surface area contributed by atoms with Crippen LogP contribution in [0.25, 0.3) is 0 Å². The predicted octanol–water partition coefficient (Wildman–Crippen LogP) is 4.08. The summed E-state index contributed by atoms with van der Waals surface area (Å²) in [4.78, 5) is 14.3. The molecule has 3 nitrogen and oxygen atoms in total. The Labute approximate surface area is 135 Å². The lowest BCUT2D eigenvalue weighted by Crippen LogP contribution is -2.37. The van der Waals surface area contributed by atoms with Gasteiger partial charge in [0, 0.05) is 29.6 Å². The number of nitriles is 1. The van der Waals surface area contributed by atoms with E-state index in [2.05, 4.69) is 6.07 Å². The molecule has 1 saturated heterocycles. The van der Waals surface area contributed by atoms with Crippen LogP contribution >= 0.6 is 23.2 Å². The van der Waals surface area contributed by atoms with Crippen LogP contribution in [0.1, 0.15) is 31.2 Å². The molecule has 0 bridgehead atoms. The summed E-state index contributed by atoms with van der Waals surface area (Å²) >= 11 is 12.3. The van der Waals surface area contributed by atoms with E-state index in [1.807, 2.05) is 4.90 Å². The Hall–Kier alpha value is -1.24. The number of hydrogen-bond donors (Lipinski definition) is 0. The lowest BCUT2D eigenvalue weighted by atomic mass is 9.99. The fourth-order valence-corrected chi connectivity index (χ4v) is 3.18. The van der Waals surface area contributed by atoms with Gasteiger partial charge >= 0.3 is 0 Å². The first-order valence-corrected chi connectivity index (χ1v) is 8.00. The van der Waals surface area contributed by atoms with Crippen molar-refractivity contribution in [2.45, 2.75) is 32.1 Å². The van der Waals surface area contributed by atoms with Gasteiger partial charge in [-0.3, -0.25) is 4.79 Å². The highest BCUT2D eigenvalue weighted by atomic mass is 35.5. The Morgan fingerprint density at radius 2 is 1.76 bits per heavy atom. The molecule has 1 heterocycles. The van der Waals surface area contributed by atoms with Gasteiger partial charge in [0.25, 0.3) is 0 Å². The van der Waals surface area contributed by atoms with Crippen molar-refractivity contribution >= 4 is 29.1 Å². The third-order valence-electron chi connectivity index (χ3n) is 3.84. The highest BCUT2D eigenvalue weighted by Gasteiger charge is 2.26. The Morgan fingerprint density at radius 1 is 1.19 bits per heavy atom. The fraction of sp³-hybridized carbons (Fsp3) is 0.500. The van der Waals surface area contributed by atoms with Gasteiger partial charge < -0.3 is 4.90 Å². The van der Waals surface area contributed by atoms with E-state index in [0.29, 0.717) is 15.6 Å². The maximum absolute atomic E-state index is 12.5. The van der Waals surface area contributed by atoms with Crippen LogP contribution in [0.2, 0.25) is 10.0 Å². The van der Waals surface area contributed by atoms with Crippen molar-refractivity contribution in [2.75, 3.05) is 13.1 Å². The number of carbonyl (C=O) groups excluding carboxylic acids is 1. The SMILES string of the molecule is N#CC(Cc1c(Cl)cccc1Cl)C(=O)N1CCCCCC1. The molecule has 1 fully saturated rings. The lowest BCUT2D eigenvalue weighted by Gasteiger charge is -2.23. The minimum absolute atomic E-state index is 0.101. The van der Waals surface area contributed by atoms with E-state index in [0.717, 1.165) is 38.8 Å². The van der Waals surface area contributed by atoms with Crippen LogP contribution in [0.15, 0.2) is 18.2 Å². The van der Waals surface area contributed by atoms with E-state index >= 15 is 0 Å². The van der Waals surface area contributed by atoms with Gasteiger partial charge in [0.2, 0.25) is 5.91 Å². The molecule has 1 unspecified atom stereocenters. The topological polar surface area (TPSA) is 44.1 Å². The quantitative estimate of drug-likeness (QED) is 0.840. The third kappa shape index (κ3) is 4.12. The van der Waals surface area contributed by atoms with E-state index in [1.54, 1.807) is 18.2 Å². The average molecular weight is 325 g/mol. The van der Waals surface area contributed by atoms with Gasteiger partial charge in [0.05, 0.1) is 6.07 Å². The molecule has 1 aromatic rings. The summed E-state index contributed by atoms with van der Waals surface area (Å²) in [5, 5.41) is 10.4. The highest BCUT2D eigenvalue weighted by Crippen LogP contribution is 2.27. The number of benzene rings is 1. The van der Waals surface area contributed by atoms with Crippen molar-refractivity contribution in [3.63, 3.8) is 0 Å². The van der Waals surface area contributed by atoms with Gasteiger partial charge in [-0.2, -0.15) is 5.26 Å². The molecule has 0 spiro atoms. The summed E-state index contributed by atoms with van der Waals surface area (Å²) in [6, 6.07) is 7.33. The summed E-state index contributed by atoms with van der Waals surface area (Å²) in [7, 11) is 0. The van der Waals surface area contributed by atoms with Crippen LogP contribution in [0.3, 0.4) is 0 Å². The van der Waals surface area contributed by atoms with Crippen molar-refractivity contribution in [2.24, 2.45) is 5.92 Å². The van der Waals surface area contributed by atoms with Gasteiger partial charge in [0.15, 0.2) is 0 Å². The molecule has 5 heteroatoms. The molecule has 0 aromatic heterocycles. The first-order valence-electron chi connectivity index (χ1n) is 7.24. The van der Waals surface area contributed by atoms with Crippen molar-refractivity contribution < 1.29 is 4.79 Å². The maximum Gasteiger partial charge on any atom is 0.240 e. The van der Waals surface area contributed by atoms with Crippen molar-refractivity contribution in [1.29, 1.82) is 5.26 Å². The summed E-state index contributed by atoms with van der Waals surface area (Å²) in [5.41, 5.74) is 0.676. The van der Waals surface area contributed by atoms with Gasteiger partial charge in [-0.05, 0) is 30.5 Å². The number of carbonyl (C=O) groups is 1. The smallest absolute Gasteiger partial charge is 0.240 e. The van der Waals surface area contributed by atoms with Crippen molar-refractivity contribution in [1.82, 2.24) is 4.90 Å². The van der Waals surface area contributed by atoms with Crippen LogP contribution < -0.4 is 0 Å². The monoisotopic (exact) mass is 324 g/mol. The average Bonchev–Trinajstić information content (AvgIpc) is 2.75. The molecule has 1 aliphatic heterocycles. The van der Waals surface area contributed by atoms with Crippen molar-refractivity contribution in [3.05, 3.63) is 33.8 Å². The zero-order valence-corrected chi connectivity index (χ0v) is 13.3. The molecule has 0 radical (unpaired) electrons. The maximum atomic E-state index is 12.5. The predicted molar refractivity (Wildman–Crippen MR) is 84.3 cm³/mol. The molecule has 0 aliphatic carbocycles. The van der Waals surface area contributed by atoms with Gasteiger partial charge in [0.1, 0.15) is 5.92 Å². The number of nitrogens with zero attached hydrogens (tertiary/aromatic N) is 2. The van der Waals surface area contributed by atoms with Crippen LogP contribution in [0.5, 0.6) is 0 Å². The first kappa shape index (κ1) is 16.1. The molecule has 21 heavy (non-hydrogen) atoms. The summed E-state index contributed by atoms with van der Waals surface area (Å²) in [6.07, 6.45) is 4.59. The normalized spacial score (nSPS) is 16.9. The highest BCUT2D eigenvalue weighted by molar-refractivity contribution is 6.36. The second kappa shape index (κ2) is 7.68. The minimum Gasteiger partial charge on any atom is -0.342 e. The van der Waals surface area contributed by atoms with Crippen LogP contribution in [0.4, 0.5) is 0 Å². The molecule has 1 aromatic carbocycles. The molecule has 0 saturated carbocycles. The van der Waals surface area contributed by atoms with Crippen LogP contribution in [-0.2, 0) is 11.2 Å². The Kier molecular flexibility index (Phi) is 5.90. The molecule has 1 atom stereocenters. The van der Waals surface area contributed by atoms with Gasteiger partial charge in [-0.25, -0.2) is 0 Å². The van der Waals surface area contributed by atoms with Crippen molar-refractivity contribution in [3.8, 4) is 6.07 Å². The zero-order valence-electron chi connectivity index (χ0n) is 11.8. The largest absolute Gasteiger partial charge is 0.342 e. The summed E-state index contributed by atoms with van der Waals surface area (Å²) < 4.78 is 0. The van der Waals surface area contributed by atoms with Crippen LogP contribution in [-0.4, -0.2) is 23.9 Å². The van der Waals surface area contributed by atoms with E-state index in [1.165, 1.54) is 0 Å². The number of hydrogen-bond acceptors (Lipinski definition) is 2. The van der Waals surface area contributed by atoms with Gasteiger partial charge in [-0.1, -0.05) is 42.1 Å². The summed E-state index contributed by atoms with van der Waals surface area (Å²) in [6.45, 7) is 1.49. The molecule has 112 valence electrons. The zero-order chi connectivity index (χ0) is 15.2. The van der Waals surface area contributed by atoms with E-state index in [-0.39, 0.29) is 12.3 Å². The van der Waals surface area contributed by atoms with Crippen LogP contribution in [0, 0.1) is 17.2 Å². The lowest BCUT2D eigenvalue weighted by molar-refractivity contribution is -0.133. The van der Waals surface area contributed by atoms with E-state index in [4.69, 9.17) is 23.2 Å². The third-order valence-corrected chi connectivity index (χ3v) is 4.55. The minimum atomic E-state index is -0.722. The molecular formula is C16H18Cl2N2O. The fourth-order valence-electron chi connectivity index (χ4n) is 2.63.